The fraction of sp³-hybridized carbons (Fsp3) is 0.238. The SMILES string of the molecule is O=C(CN1CCN(C(=O)c2ccc3ccccc3c2)CC1)c1ccco1. The van der Waals surface area contributed by atoms with Crippen molar-refractivity contribution < 1.29 is 14.0 Å². The Labute approximate surface area is 151 Å². The lowest BCUT2D eigenvalue weighted by molar-refractivity contribution is 0.0620. The minimum absolute atomic E-state index is 0.0238. The molecule has 0 unspecified atom stereocenters. The van der Waals surface area contributed by atoms with E-state index in [1.807, 2.05) is 47.4 Å². The summed E-state index contributed by atoms with van der Waals surface area (Å²) in [6.07, 6.45) is 1.51. The van der Waals surface area contributed by atoms with Gasteiger partial charge in [0.1, 0.15) is 0 Å². The van der Waals surface area contributed by atoms with Gasteiger partial charge in [-0.3, -0.25) is 14.5 Å². The van der Waals surface area contributed by atoms with E-state index in [1.165, 1.54) is 6.26 Å². The summed E-state index contributed by atoms with van der Waals surface area (Å²) >= 11 is 0. The third kappa shape index (κ3) is 3.39. The molecule has 26 heavy (non-hydrogen) atoms. The number of amides is 1. The predicted molar refractivity (Wildman–Crippen MR) is 99.3 cm³/mol. The maximum atomic E-state index is 12.8. The Morgan fingerprint density at radius 1 is 0.885 bits per heavy atom. The van der Waals surface area contributed by atoms with Crippen molar-refractivity contribution in [3.05, 3.63) is 72.2 Å². The first kappa shape index (κ1) is 16.5. The van der Waals surface area contributed by atoms with Crippen molar-refractivity contribution in [2.24, 2.45) is 0 Å². The summed E-state index contributed by atoms with van der Waals surface area (Å²) in [5, 5.41) is 2.20. The smallest absolute Gasteiger partial charge is 0.253 e. The minimum atomic E-state index is -0.0238. The van der Waals surface area contributed by atoms with E-state index in [0.29, 0.717) is 44.0 Å². The fourth-order valence-electron chi connectivity index (χ4n) is 3.33. The van der Waals surface area contributed by atoms with Crippen LogP contribution in [0.15, 0.2) is 65.3 Å². The number of benzene rings is 2. The van der Waals surface area contributed by atoms with Gasteiger partial charge < -0.3 is 9.32 Å². The molecule has 1 amide bonds. The van der Waals surface area contributed by atoms with E-state index >= 15 is 0 Å². The highest BCUT2D eigenvalue weighted by atomic mass is 16.3. The van der Waals surface area contributed by atoms with Crippen molar-refractivity contribution >= 4 is 22.5 Å². The van der Waals surface area contributed by atoms with Crippen LogP contribution in [0.25, 0.3) is 10.8 Å². The lowest BCUT2D eigenvalue weighted by atomic mass is 10.1. The van der Waals surface area contributed by atoms with E-state index in [9.17, 15) is 9.59 Å². The minimum Gasteiger partial charge on any atom is -0.461 e. The van der Waals surface area contributed by atoms with Crippen molar-refractivity contribution in [2.45, 2.75) is 0 Å². The van der Waals surface area contributed by atoms with Crippen LogP contribution in [0.4, 0.5) is 0 Å². The standard InChI is InChI=1S/C21H20N2O3/c24-19(20-6-3-13-26-20)15-22-9-11-23(12-10-22)21(25)18-8-7-16-4-1-2-5-17(16)14-18/h1-8,13-14H,9-12,15H2. The summed E-state index contributed by atoms with van der Waals surface area (Å²) in [7, 11) is 0. The molecule has 0 aliphatic carbocycles. The van der Waals surface area contributed by atoms with Crippen molar-refractivity contribution in [1.82, 2.24) is 9.80 Å². The quantitative estimate of drug-likeness (QED) is 0.680. The number of Topliss-reactive ketones (excluding diaryl/α,β-unsaturated/α-hetero) is 1. The number of fused-ring (bicyclic) bond motifs is 1. The first-order chi connectivity index (χ1) is 12.7. The highest BCUT2D eigenvalue weighted by Gasteiger charge is 2.24. The first-order valence-corrected chi connectivity index (χ1v) is 8.78. The Kier molecular flexibility index (Phi) is 4.54. The largest absolute Gasteiger partial charge is 0.461 e. The van der Waals surface area contributed by atoms with Gasteiger partial charge in [0, 0.05) is 31.7 Å². The third-order valence-electron chi connectivity index (χ3n) is 4.82. The summed E-state index contributed by atoms with van der Waals surface area (Å²) in [5.74, 6) is 0.414. The maximum Gasteiger partial charge on any atom is 0.253 e. The van der Waals surface area contributed by atoms with E-state index in [4.69, 9.17) is 4.42 Å². The van der Waals surface area contributed by atoms with Crippen LogP contribution in [0.1, 0.15) is 20.9 Å². The van der Waals surface area contributed by atoms with Crippen LogP contribution in [-0.4, -0.2) is 54.2 Å². The van der Waals surface area contributed by atoms with Gasteiger partial charge in [-0.05, 0) is 35.0 Å². The molecule has 4 rings (SSSR count). The molecule has 0 bridgehead atoms. The first-order valence-electron chi connectivity index (χ1n) is 8.78. The lowest BCUT2D eigenvalue weighted by Crippen LogP contribution is -2.49. The molecular weight excluding hydrogens is 328 g/mol. The van der Waals surface area contributed by atoms with Crippen molar-refractivity contribution in [2.75, 3.05) is 32.7 Å². The van der Waals surface area contributed by atoms with Crippen LogP contribution < -0.4 is 0 Å². The Hall–Kier alpha value is -2.92. The Morgan fingerprint density at radius 2 is 1.65 bits per heavy atom. The van der Waals surface area contributed by atoms with Gasteiger partial charge in [0.2, 0.25) is 5.78 Å². The van der Waals surface area contributed by atoms with Crippen LogP contribution in [0.5, 0.6) is 0 Å². The van der Waals surface area contributed by atoms with Crippen molar-refractivity contribution in [3.63, 3.8) is 0 Å². The van der Waals surface area contributed by atoms with Crippen LogP contribution in [0.3, 0.4) is 0 Å². The molecule has 1 saturated heterocycles. The monoisotopic (exact) mass is 348 g/mol. The third-order valence-corrected chi connectivity index (χ3v) is 4.82. The average molecular weight is 348 g/mol. The van der Waals surface area contributed by atoms with Gasteiger partial charge in [0.05, 0.1) is 12.8 Å². The number of carbonyl (C=O) groups is 2. The molecule has 1 fully saturated rings. The number of nitrogens with zero attached hydrogens (tertiary/aromatic N) is 2. The molecule has 0 N–H and O–H groups in total. The van der Waals surface area contributed by atoms with E-state index in [2.05, 4.69) is 4.90 Å². The summed E-state index contributed by atoms with van der Waals surface area (Å²) in [6, 6.07) is 17.2. The summed E-state index contributed by atoms with van der Waals surface area (Å²) in [5.41, 5.74) is 0.712. The summed E-state index contributed by atoms with van der Waals surface area (Å²) in [4.78, 5) is 28.8. The zero-order valence-electron chi connectivity index (χ0n) is 14.4. The van der Waals surface area contributed by atoms with Crippen LogP contribution in [-0.2, 0) is 0 Å². The Balaban J connectivity index is 1.37. The molecule has 1 aliphatic rings. The fourth-order valence-corrected chi connectivity index (χ4v) is 3.33. The molecule has 132 valence electrons. The second kappa shape index (κ2) is 7.14. The van der Waals surface area contributed by atoms with E-state index in [-0.39, 0.29) is 11.7 Å². The molecule has 3 aromatic rings. The topological polar surface area (TPSA) is 53.8 Å². The van der Waals surface area contributed by atoms with Gasteiger partial charge in [-0.1, -0.05) is 30.3 Å². The van der Waals surface area contributed by atoms with E-state index < -0.39 is 0 Å². The molecule has 1 aromatic heterocycles. The van der Waals surface area contributed by atoms with Gasteiger partial charge in [-0.25, -0.2) is 0 Å². The maximum absolute atomic E-state index is 12.8. The number of piperazine rings is 1. The van der Waals surface area contributed by atoms with Crippen LogP contribution in [0.2, 0.25) is 0 Å². The molecule has 2 heterocycles. The van der Waals surface area contributed by atoms with Crippen LogP contribution >= 0.6 is 0 Å². The van der Waals surface area contributed by atoms with Gasteiger partial charge in [0.15, 0.2) is 5.76 Å². The van der Waals surface area contributed by atoms with E-state index in [1.54, 1.807) is 12.1 Å². The van der Waals surface area contributed by atoms with Crippen molar-refractivity contribution in [1.29, 1.82) is 0 Å². The Morgan fingerprint density at radius 3 is 2.38 bits per heavy atom. The van der Waals surface area contributed by atoms with Crippen molar-refractivity contribution in [3.8, 4) is 0 Å². The number of furan rings is 1. The van der Waals surface area contributed by atoms with E-state index in [0.717, 1.165) is 10.8 Å². The molecule has 5 heteroatoms. The van der Waals surface area contributed by atoms with Gasteiger partial charge >= 0.3 is 0 Å². The number of ketones is 1. The number of rotatable bonds is 4. The highest BCUT2D eigenvalue weighted by Crippen LogP contribution is 2.17. The molecule has 0 atom stereocenters. The average Bonchev–Trinajstić information content (AvgIpc) is 3.23. The summed E-state index contributed by atoms with van der Waals surface area (Å²) < 4.78 is 5.15. The Bertz CT molecular complexity index is 925. The normalized spacial score (nSPS) is 15.3. The number of hydrogen-bond acceptors (Lipinski definition) is 4. The van der Waals surface area contributed by atoms with Gasteiger partial charge in [-0.2, -0.15) is 0 Å². The second-order valence-electron chi connectivity index (χ2n) is 6.53. The second-order valence-corrected chi connectivity index (χ2v) is 6.53. The molecule has 0 spiro atoms. The molecule has 5 nitrogen and oxygen atoms in total. The van der Waals surface area contributed by atoms with Gasteiger partial charge in [-0.15, -0.1) is 0 Å². The van der Waals surface area contributed by atoms with Gasteiger partial charge in [0.25, 0.3) is 5.91 Å². The molecule has 0 radical (unpaired) electrons. The zero-order valence-corrected chi connectivity index (χ0v) is 14.4. The zero-order chi connectivity index (χ0) is 17.9. The molecule has 2 aromatic carbocycles. The van der Waals surface area contributed by atoms with Crippen LogP contribution in [0, 0.1) is 0 Å². The number of hydrogen-bond donors (Lipinski definition) is 0. The molecular formula is C21H20N2O3. The molecule has 0 saturated carbocycles. The molecule has 1 aliphatic heterocycles. The highest BCUT2D eigenvalue weighted by molar-refractivity contribution is 5.98. The predicted octanol–water partition coefficient (Wildman–Crippen LogP) is 3.07. The number of carbonyl (C=O) groups excluding carboxylic acids is 2. The summed E-state index contributed by atoms with van der Waals surface area (Å²) in [6.45, 7) is 2.94. The lowest BCUT2D eigenvalue weighted by Gasteiger charge is -2.34.